The van der Waals surface area contributed by atoms with Crippen LogP contribution in [0.25, 0.3) is 0 Å². The van der Waals surface area contributed by atoms with Crippen molar-refractivity contribution >= 4 is 0 Å². The maximum atomic E-state index is 9.93. The molecule has 0 heterocycles. The summed E-state index contributed by atoms with van der Waals surface area (Å²) < 4.78 is 0. The Morgan fingerprint density at radius 2 is 1.92 bits per heavy atom. The average Bonchev–Trinajstić information content (AvgIpc) is 2.18. The highest BCUT2D eigenvalue weighted by molar-refractivity contribution is 5.29. The maximum absolute atomic E-state index is 9.93. The first-order chi connectivity index (χ1) is 5.73. The first-order valence-electron chi connectivity index (χ1n) is 3.95. The summed E-state index contributed by atoms with van der Waals surface area (Å²) in [6.07, 6.45) is 3.25. The molecule has 12 heavy (non-hydrogen) atoms. The number of aliphatic hydroxyl groups is 1. The molecular formula is C11H13O. The van der Waals surface area contributed by atoms with Gasteiger partial charge in [0, 0.05) is 0 Å². The van der Waals surface area contributed by atoms with Crippen LogP contribution < -0.4 is 0 Å². The van der Waals surface area contributed by atoms with Crippen LogP contribution in [0.15, 0.2) is 43.0 Å². The van der Waals surface area contributed by atoms with E-state index in [4.69, 9.17) is 0 Å². The molecule has 0 saturated carbocycles. The van der Waals surface area contributed by atoms with E-state index in [2.05, 4.69) is 6.58 Å². The van der Waals surface area contributed by atoms with Gasteiger partial charge in [-0.05, 0) is 12.0 Å². The highest BCUT2D eigenvalue weighted by Gasteiger charge is 2.22. The number of hydrogen-bond acceptors (Lipinski definition) is 1. The molecule has 0 amide bonds. The fraction of sp³-hybridized carbons (Fsp3) is 0.182. The van der Waals surface area contributed by atoms with Crippen LogP contribution in [0.5, 0.6) is 0 Å². The van der Waals surface area contributed by atoms with Crippen LogP contribution in [0.2, 0.25) is 0 Å². The third-order valence-electron chi connectivity index (χ3n) is 1.99. The Kier molecular flexibility index (Phi) is 2.66. The van der Waals surface area contributed by atoms with Gasteiger partial charge in [0.1, 0.15) is 5.60 Å². The molecule has 1 aromatic rings. The van der Waals surface area contributed by atoms with E-state index in [1.165, 1.54) is 6.08 Å². The predicted molar refractivity (Wildman–Crippen MR) is 50.5 cm³/mol. The number of benzene rings is 1. The summed E-state index contributed by atoms with van der Waals surface area (Å²) in [4.78, 5) is 0. The molecule has 1 unspecified atom stereocenters. The van der Waals surface area contributed by atoms with Crippen LogP contribution in [-0.4, -0.2) is 5.11 Å². The molecule has 1 rings (SSSR count). The molecule has 1 heteroatoms. The molecule has 0 saturated heterocycles. The van der Waals surface area contributed by atoms with Crippen LogP contribution in [0, 0.1) is 6.42 Å². The lowest BCUT2D eigenvalue weighted by Crippen LogP contribution is -2.21. The lowest BCUT2D eigenvalue weighted by molar-refractivity contribution is 0.126. The molecule has 1 radical (unpaired) electrons. The second-order valence-electron chi connectivity index (χ2n) is 2.68. The Morgan fingerprint density at radius 3 is 2.33 bits per heavy atom. The van der Waals surface area contributed by atoms with E-state index in [-0.39, 0.29) is 0 Å². The maximum Gasteiger partial charge on any atom is 0.110 e. The Hall–Kier alpha value is -1.08. The Morgan fingerprint density at radius 1 is 1.33 bits per heavy atom. The van der Waals surface area contributed by atoms with Crippen molar-refractivity contribution in [1.29, 1.82) is 0 Å². The standard InChI is InChI=1S/C11H13O/c1-3-11(12,4-2)10-8-6-5-7-9-10/h3-9,12H,1H2,2H3. The van der Waals surface area contributed by atoms with E-state index in [0.717, 1.165) is 5.56 Å². The first-order valence-corrected chi connectivity index (χ1v) is 3.95. The average molecular weight is 161 g/mol. The zero-order valence-electron chi connectivity index (χ0n) is 7.20. The molecule has 1 N–H and O–H groups in total. The zero-order valence-corrected chi connectivity index (χ0v) is 7.20. The minimum absolute atomic E-state index is 0.850. The lowest BCUT2D eigenvalue weighted by Gasteiger charge is -2.22. The predicted octanol–water partition coefficient (Wildman–Crippen LogP) is 2.28. The van der Waals surface area contributed by atoms with E-state index in [1.807, 2.05) is 37.3 Å². The van der Waals surface area contributed by atoms with Crippen molar-refractivity contribution in [2.75, 3.05) is 0 Å². The zero-order chi connectivity index (χ0) is 9.03. The van der Waals surface area contributed by atoms with Crippen LogP contribution in [0.4, 0.5) is 0 Å². The summed E-state index contributed by atoms with van der Waals surface area (Å²) in [7, 11) is 0. The Balaban J connectivity index is 3.03. The molecule has 1 atom stereocenters. The molecule has 0 aliphatic carbocycles. The van der Waals surface area contributed by atoms with Gasteiger partial charge in [0.05, 0.1) is 0 Å². The van der Waals surface area contributed by atoms with E-state index < -0.39 is 5.60 Å². The van der Waals surface area contributed by atoms with Gasteiger partial charge < -0.3 is 5.11 Å². The third kappa shape index (κ3) is 1.56. The van der Waals surface area contributed by atoms with Crippen molar-refractivity contribution in [3.63, 3.8) is 0 Å². The SMILES string of the molecule is C=CC(O)([CH]C)c1ccccc1. The fourth-order valence-electron chi connectivity index (χ4n) is 1.11. The van der Waals surface area contributed by atoms with Crippen LogP contribution in [-0.2, 0) is 5.60 Å². The monoisotopic (exact) mass is 161 g/mol. The van der Waals surface area contributed by atoms with Gasteiger partial charge in [-0.3, -0.25) is 0 Å². The topological polar surface area (TPSA) is 20.2 Å². The van der Waals surface area contributed by atoms with Gasteiger partial charge in [-0.2, -0.15) is 0 Å². The molecule has 0 fully saturated rings. The van der Waals surface area contributed by atoms with Gasteiger partial charge >= 0.3 is 0 Å². The Bertz CT molecular complexity index is 253. The van der Waals surface area contributed by atoms with Gasteiger partial charge in [0.15, 0.2) is 0 Å². The molecule has 1 nitrogen and oxygen atoms in total. The summed E-state index contributed by atoms with van der Waals surface area (Å²) >= 11 is 0. The quantitative estimate of drug-likeness (QED) is 0.674. The van der Waals surface area contributed by atoms with Crippen LogP contribution in [0.3, 0.4) is 0 Å². The second kappa shape index (κ2) is 3.55. The largest absolute Gasteiger partial charge is 0.381 e. The molecule has 0 aromatic heterocycles. The molecule has 0 bridgehead atoms. The van der Waals surface area contributed by atoms with Crippen LogP contribution >= 0.6 is 0 Å². The van der Waals surface area contributed by atoms with E-state index in [9.17, 15) is 5.11 Å². The minimum atomic E-state index is -0.985. The smallest absolute Gasteiger partial charge is 0.110 e. The van der Waals surface area contributed by atoms with Crippen molar-refractivity contribution in [2.45, 2.75) is 12.5 Å². The van der Waals surface area contributed by atoms with E-state index in [1.54, 1.807) is 6.42 Å². The summed E-state index contributed by atoms with van der Waals surface area (Å²) in [5.74, 6) is 0. The van der Waals surface area contributed by atoms with Gasteiger partial charge in [0.2, 0.25) is 0 Å². The summed E-state index contributed by atoms with van der Waals surface area (Å²) in [6.45, 7) is 5.41. The van der Waals surface area contributed by atoms with Gasteiger partial charge in [-0.1, -0.05) is 49.9 Å². The first kappa shape index (κ1) is 9.01. The number of hydrogen-bond donors (Lipinski definition) is 1. The summed E-state index contributed by atoms with van der Waals surface area (Å²) in [5, 5.41) is 9.93. The minimum Gasteiger partial charge on any atom is -0.381 e. The lowest BCUT2D eigenvalue weighted by atomic mass is 9.91. The highest BCUT2D eigenvalue weighted by Crippen LogP contribution is 2.24. The molecule has 0 aliphatic heterocycles. The van der Waals surface area contributed by atoms with Crippen molar-refractivity contribution in [3.8, 4) is 0 Å². The van der Waals surface area contributed by atoms with Crippen molar-refractivity contribution < 1.29 is 5.11 Å². The molecular weight excluding hydrogens is 148 g/mol. The fourth-order valence-corrected chi connectivity index (χ4v) is 1.11. The van der Waals surface area contributed by atoms with E-state index >= 15 is 0 Å². The van der Waals surface area contributed by atoms with Crippen molar-refractivity contribution in [2.24, 2.45) is 0 Å². The third-order valence-corrected chi connectivity index (χ3v) is 1.99. The normalized spacial score (nSPS) is 15.2. The van der Waals surface area contributed by atoms with Gasteiger partial charge in [-0.25, -0.2) is 0 Å². The van der Waals surface area contributed by atoms with Gasteiger partial charge in [-0.15, -0.1) is 0 Å². The van der Waals surface area contributed by atoms with Crippen molar-refractivity contribution in [3.05, 3.63) is 55.0 Å². The van der Waals surface area contributed by atoms with E-state index in [0.29, 0.717) is 0 Å². The summed E-state index contributed by atoms with van der Waals surface area (Å²) in [5.41, 5.74) is -0.135. The van der Waals surface area contributed by atoms with Crippen molar-refractivity contribution in [1.82, 2.24) is 0 Å². The molecule has 1 aromatic carbocycles. The summed E-state index contributed by atoms with van der Waals surface area (Å²) in [6, 6.07) is 9.46. The second-order valence-corrected chi connectivity index (χ2v) is 2.68. The molecule has 0 aliphatic rings. The molecule has 63 valence electrons. The van der Waals surface area contributed by atoms with Gasteiger partial charge in [0.25, 0.3) is 0 Å². The number of rotatable bonds is 3. The highest BCUT2D eigenvalue weighted by atomic mass is 16.3. The molecule has 0 spiro atoms. The Labute approximate surface area is 73.4 Å². The van der Waals surface area contributed by atoms with Crippen LogP contribution in [0.1, 0.15) is 12.5 Å².